The van der Waals surface area contributed by atoms with Crippen LogP contribution >= 0.6 is 0 Å². The molecule has 2 aromatic carbocycles. The molecule has 1 heterocycles. The van der Waals surface area contributed by atoms with Gasteiger partial charge in [0.05, 0.1) is 14.2 Å². The Bertz CT molecular complexity index is 894. The van der Waals surface area contributed by atoms with Gasteiger partial charge in [-0.25, -0.2) is 9.59 Å². The number of amides is 1. The molecule has 146 valence electrons. The van der Waals surface area contributed by atoms with E-state index in [1.165, 1.54) is 19.1 Å². The van der Waals surface area contributed by atoms with E-state index in [-0.39, 0.29) is 12.1 Å². The lowest BCUT2D eigenvalue weighted by Crippen LogP contribution is -2.50. The summed E-state index contributed by atoms with van der Waals surface area (Å²) >= 11 is 0. The van der Waals surface area contributed by atoms with Crippen LogP contribution in [0.3, 0.4) is 0 Å². The number of carbonyl (C=O) groups is 3. The Kier molecular flexibility index (Phi) is 5.93. The number of ether oxygens (including phenoxy) is 3. The summed E-state index contributed by atoms with van der Waals surface area (Å²) in [5, 5.41) is 0. The molecule has 0 aliphatic carbocycles. The smallest absolute Gasteiger partial charge is 0.342 e. The third-order valence-corrected chi connectivity index (χ3v) is 4.70. The number of esters is 2. The monoisotopic (exact) mass is 383 g/mol. The molecule has 0 aromatic heterocycles. The van der Waals surface area contributed by atoms with E-state index in [0.717, 1.165) is 11.1 Å². The molecule has 0 N–H and O–H groups in total. The molecule has 1 atom stereocenters. The maximum Gasteiger partial charge on any atom is 0.342 e. The molecule has 7 heteroatoms. The zero-order chi connectivity index (χ0) is 20.1. The van der Waals surface area contributed by atoms with Crippen LogP contribution in [0.1, 0.15) is 21.5 Å². The number of carbonyl (C=O) groups excluding carboxylic acids is 3. The van der Waals surface area contributed by atoms with Crippen molar-refractivity contribution in [1.82, 2.24) is 4.90 Å². The van der Waals surface area contributed by atoms with Crippen LogP contribution in [0.15, 0.2) is 48.5 Å². The number of para-hydroxylation sites is 1. The molecule has 1 aliphatic heterocycles. The van der Waals surface area contributed by atoms with Crippen LogP contribution in [-0.2, 0) is 32.0 Å². The largest absolute Gasteiger partial charge is 0.496 e. The van der Waals surface area contributed by atoms with E-state index in [4.69, 9.17) is 14.2 Å². The molecule has 0 bridgehead atoms. The molecule has 0 spiro atoms. The van der Waals surface area contributed by atoms with E-state index in [2.05, 4.69) is 0 Å². The SMILES string of the molecule is COC(=O)[C@@H]1Cc2ccccc2CN1C(=O)COC(=O)c1ccccc1OC. The fourth-order valence-corrected chi connectivity index (χ4v) is 3.23. The first-order valence-corrected chi connectivity index (χ1v) is 8.79. The first-order chi connectivity index (χ1) is 13.5. The summed E-state index contributed by atoms with van der Waals surface area (Å²) < 4.78 is 15.2. The second-order valence-electron chi connectivity index (χ2n) is 6.31. The number of methoxy groups -OCH3 is 2. The van der Waals surface area contributed by atoms with Gasteiger partial charge in [-0.05, 0) is 23.3 Å². The summed E-state index contributed by atoms with van der Waals surface area (Å²) in [7, 11) is 2.73. The normalized spacial score (nSPS) is 15.4. The summed E-state index contributed by atoms with van der Waals surface area (Å²) in [6.07, 6.45) is 0.356. The van der Waals surface area contributed by atoms with Crippen LogP contribution in [0.4, 0.5) is 0 Å². The highest BCUT2D eigenvalue weighted by Gasteiger charge is 2.35. The van der Waals surface area contributed by atoms with Crippen molar-refractivity contribution < 1.29 is 28.6 Å². The van der Waals surface area contributed by atoms with Gasteiger partial charge in [-0.15, -0.1) is 0 Å². The van der Waals surface area contributed by atoms with Crippen molar-refractivity contribution in [2.75, 3.05) is 20.8 Å². The van der Waals surface area contributed by atoms with Gasteiger partial charge >= 0.3 is 11.9 Å². The minimum absolute atomic E-state index is 0.228. The highest BCUT2D eigenvalue weighted by Crippen LogP contribution is 2.24. The number of hydrogen-bond acceptors (Lipinski definition) is 6. The van der Waals surface area contributed by atoms with Gasteiger partial charge in [0.2, 0.25) is 0 Å². The fourth-order valence-electron chi connectivity index (χ4n) is 3.23. The average molecular weight is 383 g/mol. The highest BCUT2D eigenvalue weighted by molar-refractivity contribution is 5.94. The Labute approximate surface area is 162 Å². The minimum Gasteiger partial charge on any atom is -0.496 e. The van der Waals surface area contributed by atoms with Gasteiger partial charge in [0.25, 0.3) is 5.91 Å². The molecule has 2 aromatic rings. The maximum atomic E-state index is 12.7. The quantitative estimate of drug-likeness (QED) is 0.735. The number of rotatable bonds is 5. The van der Waals surface area contributed by atoms with Gasteiger partial charge < -0.3 is 19.1 Å². The molecule has 0 unspecified atom stereocenters. The predicted molar refractivity (Wildman–Crippen MR) is 99.8 cm³/mol. The summed E-state index contributed by atoms with van der Waals surface area (Å²) in [6.45, 7) is -0.229. The van der Waals surface area contributed by atoms with Crippen molar-refractivity contribution in [3.63, 3.8) is 0 Å². The van der Waals surface area contributed by atoms with E-state index in [1.807, 2.05) is 24.3 Å². The molecule has 0 saturated heterocycles. The number of fused-ring (bicyclic) bond motifs is 1. The molecule has 0 saturated carbocycles. The Hall–Kier alpha value is -3.35. The first-order valence-electron chi connectivity index (χ1n) is 8.79. The summed E-state index contributed by atoms with van der Waals surface area (Å²) in [6, 6.07) is 13.4. The second-order valence-corrected chi connectivity index (χ2v) is 6.31. The maximum absolute atomic E-state index is 12.7. The number of nitrogens with zero attached hydrogens (tertiary/aromatic N) is 1. The standard InChI is InChI=1S/C21H21NO6/c1-26-18-10-6-5-9-16(18)20(24)28-13-19(23)22-12-15-8-4-3-7-14(15)11-17(22)21(25)27-2/h3-10,17H,11-13H2,1-2H3/t17-/m0/s1. The van der Waals surface area contributed by atoms with Crippen molar-refractivity contribution in [3.05, 3.63) is 65.2 Å². The van der Waals surface area contributed by atoms with E-state index in [1.54, 1.807) is 24.3 Å². The van der Waals surface area contributed by atoms with Crippen LogP contribution < -0.4 is 4.74 Å². The van der Waals surface area contributed by atoms with Crippen LogP contribution in [-0.4, -0.2) is 49.6 Å². The van der Waals surface area contributed by atoms with Crippen LogP contribution in [0.5, 0.6) is 5.75 Å². The molecule has 1 amide bonds. The van der Waals surface area contributed by atoms with Crippen molar-refractivity contribution in [2.24, 2.45) is 0 Å². The van der Waals surface area contributed by atoms with Gasteiger partial charge in [0.15, 0.2) is 6.61 Å². The van der Waals surface area contributed by atoms with Gasteiger partial charge in [0, 0.05) is 13.0 Å². The molecular weight excluding hydrogens is 362 g/mol. The number of benzene rings is 2. The molecular formula is C21H21NO6. The molecule has 0 fully saturated rings. The van der Waals surface area contributed by atoms with E-state index in [9.17, 15) is 14.4 Å². The Balaban J connectivity index is 1.73. The molecule has 7 nitrogen and oxygen atoms in total. The second kappa shape index (κ2) is 8.56. The summed E-state index contributed by atoms with van der Waals surface area (Å²) in [5.74, 6) is -1.27. The van der Waals surface area contributed by atoms with Gasteiger partial charge in [-0.1, -0.05) is 36.4 Å². The predicted octanol–water partition coefficient (Wildman–Crippen LogP) is 1.98. The third-order valence-electron chi connectivity index (χ3n) is 4.70. The third kappa shape index (κ3) is 3.98. The molecule has 3 rings (SSSR count). The van der Waals surface area contributed by atoms with Crippen LogP contribution in [0.25, 0.3) is 0 Å². The van der Waals surface area contributed by atoms with E-state index < -0.39 is 30.5 Å². The Morgan fingerprint density at radius 3 is 2.39 bits per heavy atom. The lowest BCUT2D eigenvalue weighted by Gasteiger charge is -2.35. The van der Waals surface area contributed by atoms with Crippen molar-refractivity contribution in [3.8, 4) is 5.75 Å². The fraction of sp³-hybridized carbons (Fsp3) is 0.286. The first kappa shape index (κ1) is 19.4. The van der Waals surface area contributed by atoms with Gasteiger partial charge in [-0.3, -0.25) is 4.79 Å². The summed E-state index contributed by atoms with van der Waals surface area (Å²) in [4.78, 5) is 38.6. The topological polar surface area (TPSA) is 82.1 Å². The summed E-state index contributed by atoms with van der Waals surface area (Å²) in [5.41, 5.74) is 2.17. The molecule has 1 aliphatic rings. The van der Waals surface area contributed by atoms with Gasteiger partial charge in [0.1, 0.15) is 17.4 Å². The van der Waals surface area contributed by atoms with Gasteiger partial charge in [-0.2, -0.15) is 0 Å². The lowest BCUT2D eigenvalue weighted by atomic mass is 9.94. The zero-order valence-electron chi connectivity index (χ0n) is 15.7. The van der Waals surface area contributed by atoms with E-state index >= 15 is 0 Å². The Morgan fingerprint density at radius 2 is 1.68 bits per heavy atom. The Morgan fingerprint density at radius 1 is 1.00 bits per heavy atom. The lowest BCUT2D eigenvalue weighted by molar-refractivity contribution is -0.155. The van der Waals surface area contributed by atoms with Crippen molar-refractivity contribution in [1.29, 1.82) is 0 Å². The number of hydrogen-bond donors (Lipinski definition) is 0. The van der Waals surface area contributed by atoms with Crippen LogP contribution in [0, 0.1) is 0 Å². The van der Waals surface area contributed by atoms with Crippen LogP contribution in [0.2, 0.25) is 0 Å². The average Bonchev–Trinajstić information content (AvgIpc) is 2.75. The molecule has 0 radical (unpaired) electrons. The van der Waals surface area contributed by atoms with Crippen molar-refractivity contribution in [2.45, 2.75) is 19.0 Å². The molecule has 28 heavy (non-hydrogen) atoms. The minimum atomic E-state index is -0.752. The highest BCUT2D eigenvalue weighted by atomic mass is 16.5. The zero-order valence-corrected chi connectivity index (χ0v) is 15.7. The van der Waals surface area contributed by atoms with E-state index in [0.29, 0.717) is 12.2 Å². The van der Waals surface area contributed by atoms with Crippen molar-refractivity contribution >= 4 is 17.8 Å².